The number of carbonyl (C=O) groups excluding carboxylic acids is 1. The van der Waals surface area contributed by atoms with E-state index in [-0.39, 0.29) is 34.6 Å². The topological polar surface area (TPSA) is 75.7 Å². The Kier molecular flexibility index (Phi) is 8.74. The summed E-state index contributed by atoms with van der Waals surface area (Å²) in [5, 5.41) is 3.05. The Morgan fingerprint density at radius 2 is 1.70 bits per heavy atom. The van der Waals surface area contributed by atoms with Gasteiger partial charge in [-0.25, -0.2) is 8.42 Å². The molecule has 1 amide bonds. The van der Waals surface area contributed by atoms with Crippen LogP contribution in [0.25, 0.3) is 0 Å². The van der Waals surface area contributed by atoms with Gasteiger partial charge < -0.3 is 10.1 Å². The zero-order chi connectivity index (χ0) is 23.8. The van der Waals surface area contributed by atoms with Gasteiger partial charge in [0.1, 0.15) is 10.6 Å². The molecule has 1 N–H and O–H groups in total. The van der Waals surface area contributed by atoms with Crippen LogP contribution in [0.15, 0.2) is 77.7 Å². The highest BCUT2D eigenvalue weighted by Crippen LogP contribution is 2.28. The van der Waals surface area contributed by atoms with Crippen molar-refractivity contribution >= 4 is 39.1 Å². The summed E-state index contributed by atoms with van der Waals surface area (Å²) in [5.74, 6) is 0.188. The number of nitrogens with zero attached hydrogens (tertiary/aromatic N) is 1. The molecule has 0 saturated heterocycles. The molecule has 0 saturated carbocycles. The van der Waals surface area contributed by atoms with Crippen molar-refractivity contribution in [2.75, 3.05) is 20.2 Å². The van der Waals surface area contributed by atoms with E-state index in [0.717, 1.165) is 15.4 Å². The highest BCUT2D eigenvalue weighted by Gasteiger charge is 2.29. The van der Waals surface area contributed by atoms with Gasteiger partial charge >= 0.3 is 0 Å². The molecular weight excluding hydrogens is 483 g/mol. The van der Waals surface area contributed by atoms with Crippen molar-refractivity contribution in [2.45, 2.75) is 17.9 Å². The first kappa shape index (κ1) is 25.1. The normalized spacial score (nSPS) is 11.4. The molecule has 0 atom stereocenters. The number of hydrogen-bond donors (Lipinski definition) is 1. The third kappa shape index (κ3) is 6.71. The van der Waals surface area contributed by atoms with Gasteiger partial charge in [0.25, 0.3) is 0 Å². The van der Waals surface area contributed by atoms with Crippen LogP contribution in [-0.2, 0) is 27.8 Å². The van der Waals surface area contributed by atoms with E-state index in [1.807, 2.05) is 48.5 Å². The smallest absolute Gasteiger partial charge is 0.245 e. The molecule has 3 aromatic rings. The predicted molar refractivity (Wildman–Crippen MR) is 130 cm³/mol. The van der Waals surface area contributed by atoms with E-state index in [0.29, 0.717) is 12.2 Å². The van der Waals surface area contributed by atoms with E-state index in [2.05, 4.69) is 5.32 Å². The fourth-order valence-corrected chi connectivity index (χ4v) is 5.39. The van der Waals surface area contributed by atoms with Crippen molar-refractivity contribution in [3.05, 3.63) is 94.0 Å². The Morgan fingerprint density at radius 3 is 2.42 bits per heavy atom. The number of ether oxygens (including phenoxy) is 1. The lowest BCUT2D eigenvalue weighted by atomic mass is 10.1. The van der Waals surface area contributed by atoms with E-state index in [1.54, 1.807) is 13.2 Å². The standard InChI is InChI=1S/C24H24Cl2N2O4S/c1-32-22-10-6-5-9-19(22)16-27-24(29)17-28(14-13-18-7-3-2-4-8-18)33(30,31)23-15-20(25)11-12-21(23)26/h2-12,15H,13-14,16-17H2,1H3,(H,27,29). The number of methoxy groups -OCH3 is 1. The van der Waals surface area contributed by atoms with Crippen LogP contribution in [0.3, 0.4) is 0 Å². The summed E-state index contributed by atoms with van der Waals surface area (Å²) in [6.45, 7) is -0.0717. The first-order chi connectivity index (χ1) is 15.8. The first-order valence-electron chi connectivity index (χ1n) is 10.2. The van der Waals surface area contributed by atoms with E-state index < -0.39 is 15.9 Å². The average molecular weight is 507 g/mol. The third-order valence-corrected chi connectivity index (χ3v) is 7.55. The first-order valence-corrected chi connectivity index (χ1v) is 12.4. The van der Waals surface area contributed by atoms with Crippen molar-refractivity contribution in [1.82, 2.24) is 9.62 Å². The quantitative estimate of drug-likeness (QED) is 0.437. The summed E-state index contributed by atoms with van der Waals surface area (Å²) in [6.07, 6.45) is 0.429. The van der Waals surface area contributed by atoms with Gasteiger partial charge in [0.15, 0.2) is 0 Å². The Bertz CT molecular complexity index is 1200. The molecule has 0 unspecified atom stereocenters. The maximum absolute atomic E-state index is 13.4. The minimum absolute atomic E-state index is 0.0403. The Labute approximate surface area is 204 Å². The summed E-state index contributed by atoms with van der Waals surface area (Å²) < 4.78 is 33.3. The molecule has 0 heterocycles. The summed E-state index contributed by atoms with van der Waals surface area (Å²) >= 11 is 12.2. The molecule has 0 radical (unpaired) electrons. The maximum atomic E-state index is 13.4. The SMILES string of the molecule is COc1ccccc1CNC(=O)CN(CCc1ccccc1)S(=O)(=O)c1cc(Cl)ccc1Cl. The van der Waals surface area contributed by atoms with E-state index in [4.69, 9.17) is 27.9 Å². The number of nitrogens with one attached hydrogen (secondary N) is 1. The van der Waals surface area contributed by atoms with Gasteiger partial charge in [-0.05, 0) is 36.2 Å². The van der Waals surface area contributed by atoms with Gasteiger partial charge in [-0.1, -0.05) is 71.7 Å². The molecule has 0 bridgehead atoms. The third-order valence-electron chi connectivity index (χ3n) is 4.99. The van der Waals surface area contributed by atoms with Crippen LogP contribution in [-0.4, -0.2) is 38.8 Å². The maximum Gasteiger partial charge on any atom is 0.245 e. The summed E-state index contributed by atoms with van der Waals surface area (Å²) in [7, 11) is -2.53. The van der Waals surface area contributed by atoms with E-state index in [1.165, 1.54) is 18.2 Å². The van der Waals surface area contributed by atoms with Crippen LogP contribution < -0.4 is 10.1 Å². The van der Waals surface area contributed by atoms with Gasteiger partial charge in [0.05, 0.1) is 18.7 Å². The molecule has 3 rings (SSSR count). The lowest BCUT2D eigenvalue weighted by molar-refractivity contribution is -0.121. The van der Waals surface area contributed by atoms with Crippen LogP contribution in [0.1, 0.15) is 11.1 Å². The number of hydrogen-bond acceptors (Lipinski definition) is 4. The van der Waals surface area contributed by atoms with Crippen LogP contribution in [0.5, 0.6) is 5.75 Å². The van der Waals surface area contributed by atoms with E-state index in [9.17, 15) is 13.2 Å². The summed E-state index contributed by atoms with van der Waals surface area (Å²) in [4.78, 5) is 12.6. The summed E-state index contributed by atoms with van der Waals surface area (Å²) in [6, 6.07) is 21.0. The van der Waals surface area contributed by atoms with E-state index >= 15 is 0 Å². The van der Waals surface area contributed by atoms with Gasteiger partial charge in [-0.3, -0.25) is 4.79 Å². The molecule has 0 spiro atoms. The largest absolute Gasteiger partial charge is 0.496 e. The molecule has 3 aromatic carbocycles. The fourth-order valence-electron chi connectivity index (χ4n) is 3.26. The second-order valence-electron chi connectivity index (χ2n) is 7.24. The molecule has 33 heavy (non-hydrogen) atoms. The van der Waals surface area contributed by atoms with Crippen LogP contribution >= 0.6 is 23.2 Å². The molecule has 0 aliphatic rings. The van der Waals surface area contributed by atoms with Crippen molar-refractivity contribution in [2.24, 2.45) is 0 Å². The molecule has 9 heteroatoms. The number of rotatable bonds is 10. The molecule has 0 aromatic heterocycles. The van der Waals surface area contributed by atoms with Gasteiger partial charge in [0, 0.05) is 23.7 Å². The van der Waals surface area contributed by atoms with Crippen LogP contribution in [0.4, 0.5) is 0 Å². The van der Waals surface area contributed by atoms with Crippen molar-refractivity contribution < 1.29 is 17.9 Å². The number of halogens is 2. The molecule has 0 aliphatic heterocycles. The second-order valence-corrected chi connectivity index (χ2v) is 9.99. The molecule has 0 fully saturated rings. The predicted octanol–water partition coefficient (Wildman–Crippen LogP) is 4.55. The van der Waals surface area contributed by atoms with Crippen molar-refractivity contribution in [1.29, 1.82) is 0 Å². The lowest BCUT2D eigenvalue weighted by Gasteiger charge is -2.23. The lowest BCUT2D eigenvalue weighted by Crippen LogP contribution is -2.41. The zero-order valence-corrected chi connectivity index (χ0v) is 20.3. The van der Waals surface area contributed by atoms with Gasteiger partial charge in [-0.2, -0.15) is 4.31 Å². The molecule has 0 aliphatic carbocycles. The zero-order valence-electron chi connectivity index (χ0n) is 18.0. The van der Waals surface area contributed by atoms with Crippen molar-refractivity contribution in [3.63, 3.8) is 0 Å². The van der Waals surface area contributed by atoms with Crippen LogP contribution in [0.2, 0.25) is 10.0 Å². The van der Waals surface area contributed by atoms with Crippen LogP contribution in [0, 0.1) is 0 Å². The number of carbonyl (C=O) groups is 1. The monoisotopic (exact) mass is 506 g/mol. The number of amides is 1. The minimum atomic E-state index is -4.08. The fraction of sp³-hybridized carbons (Fsp3) is 0.208. The molecular formula is C24H24Cl2N2O4S. The molecule has 174 valence electrons. The second kappa shape index (κ2) is 11.5. The summed E-state index contributed by atoms with van der Waals surface area (Å²) in [5.41, 5.74) is 1.73. The molecule has 6 nitrogen and oxygen atoms in total. The Balaban J connectivity index is 1.80. The van der Waals surface area contributed by atoms with Gasteiger partial charge in [0.2, 0.25) is 15.9 Å². The number of para-hydroxylation sites is 1. The Morgan fingerprint density at radius 1 is 1.00 bits per heavy atom. The Hall–Kier alpha value is -2.58. The highest BCUT2D eigenvalue weighted by atomic mass is 35.5. The van der Waals surface area contributed by atoms with Crippen molar-refractivity contribution in [3.8, 4) is 5.75 Å². The highest BCUT2D eigenvalue weighted by molar-refractivity contribution is 7.89. The number of benzene rings is 3. The number of sulfonamides is 1. The average Bonchev–Trinajstić information content (AvgIpc) is 2.82. The minimum Gasteiger partial charge on any atom is -0.496 e. The van der Waals surface area contributed by atoms with Gasteiger partial charge in [-0.15, -0.1) is 0 Å².